The molecule has 76 valence electrons. The van der Waals surface area contributed by atoms with Crippen LogP contribution < -0.4 is 10.6 Å². The number of carbonyl (C=O) groups is 1. The number of hydrogen-bond acceptors (Lipinski definition) is 3. The minimum Gasteiger partial charge on any atom is -0.449 e. The number of aromatic nitrogens is 1. The zero-order chi connectivity index (χ0) is 10.5. The number of amides is 2. The van der Waals surface area contributed by atoms with Gasteiger partial charge >= 0.3 is 6.03 Å². The predicted octanol–water partition coefficient (Wildman–Crippen LogP) is 2.32. The molecular formula is C10H9N3O2. The van der Waals surface area contributed by atoms with Gasteiger partial charge in [-0.1, -0.05) is 6.07 Å². The highest BCUT2D eigenvalue weighted by atomic mass is 16.3. The summed E-state index contributed by atoms with van der Waals surface area (Å²) >= 11 is 0. The molecule has 5 nitrogen and oxygen atoms in total. The minimum absolute atomic E-state index is 0.386. The summed E-state index contributed by atoms with van der Waals surface area (Å²) < 4.78 is 4.95. The molecule has 0 saturated carbocycles. The molecule has 15 heavy (non-hydrogen) atoms. The maximum absolute atomic E-state index is 11.4. The van der Waals surface area contributed by atoms with E-state index in [9.17, 15) is 4.79 Å². The highest BCUT2D eigenvalue weighted by Crippen LogP contribution is 2.07. The van der Waals surface area contributed by atoms with Gasteiger partial charge in [-0.25, -0.2) is 9.78 Å². The molecule has 2 amide bonds. The molecule has 0 aromatic carbocycles. The van der Waals surface area contributed by atoms with Crippen LogP contribution in [-0.2, 0) is 0 Å². The van der Waals surface area contributed by atoms with Gasteiger partial charge in [0.05, 0.1) is 6.26 Å². The van der Waals surface area contributed by atoms with E-state index in [2.05, 4.69) is 15.6 Å². The lowest BCUT2D eigenvalue weighted by atomic mass is 10.5. The number of pyridine rings is 1. The molecule has 0 aliphatic carbocycles. The lowest BCUT2D eigenvalue weighted by Gasteiger charge is -2.03. The first-order chi connectivity index (χ1) is 7.34. The summed E-state index contributed by atoms with van der Waals surface area (Å²) in [4.78, 5) is 15.3. The van der Waals surface area contributed by atoms with E-state index in [1.165, 1.54) is 6.26 Å². The second-order valence-electron chi connectivity index (χ2n) is 2.77. The summed E-state index contributed by atoms with van der Waals surface area (Å²) in [5.74, 6) is 0.880. The Bertz CT molecular complexity index is 425. The van der Waals surface area contributed by atoms with Crippen LogP contribution in [0.3, 0.4) is 0 Å². The van der Waals surface area contributed by atoms with Gasteiger partial charge in [0.2, 0.25) is 5.88 Å². The first-order valence-electron chi connectivity index (χ1n) is 4.37. The Morgan fingerprint density at radius 3 is 2.80 bits per heavy atom. The van der Waals surface area contributed by atoms with Crippen LogP contribution in [0.15, 0.2) is 47.2 Å². The molecule has 0 spiro atoms. The number of urea groups is 1. The van der Waals surface area contributed by atoms with Crippen molar-refractivity contribution >= 4 is 17.7 Å². The van der Waals surface area contributed by atoms with Gasteiger partial charge in [0.15, 0.2) is 0 Å². The van der Waals surface area contributed by atoms with E-state index in [0.29, 0.717) is 11.7 Å². The molecule has 0 aliphatic heterocycles. The summed E-state index contributed by atoms with van der Waals surface area (Å²) in [6.07, 6.45) is 3.08. The fourth-order valence-electron chi connectivity index (χ4n) is 1.05. The van der Waals surface area contributed by atoms with Crippen LogP contribution in [0.2, 0.25) is 0 Å². The molecule has 2 heterocycles. The highest BCUT2D eigenvalue weighted by molar-refractivity contribution is 5.98. The number of hydrogen-bond donors (Lipinski definition) is 2. The molecule has 0 atom stereocenters. The molecule has 0 aliphatic rings. The van der Waals surface area contributed by atoms with Gasteiger partial charge in [-0.15, -0.1) is 0 Å². The molecular weight excluding hydrogens is 194 g/mol. The van der Waals surface area contributed by atoms with E-state index < -0.39 is 0 Å². The zero-order valence-corrected chi connectivity index (χ0v) is 7.81. The zero-order valence-electron chi connectivity index (χ0n) is 7.81. The monoisotopic (exact) mass is 203 g/mol. The van der Waals surface area contributed by atoms with Crippen LogP contribution in [0.4, 0.5) is 16.5 Å². The third-order valence-electron chi connectivity index (χ3n) is 1.66. The van der Waals surface area contributed by atoms with E-state index in [4.69, 9.17) is 4.42 Å². The molecule has 5 heteroatoms. The summed E-state index contributed by atoms with van der Waals surface area (Å²) in [5, 5.41) is 5.07. The normalized spacial score (nSPS) is 9.60. The van der Waals surface area contributed by atoms with E-state index in [1.54, 1.807) is 36.5 Å². The van der Waals surface area contributed by atoms with Gasteiger partial charge in [0.1, 0.15) is 5.82 Å². The molecule has 2 aromatic rings. The number of anilines is 2. The Morgan fingerprint density at radius 1 is 1.20 bits per heavy atom. The summed E-state index contributed by atoms with van der Waals surface area (Å²) in [7, 11) is 0. The Morgan fingerprint density at radius 2 is 2.13 bits per heavy atom. The van der Waals surface area contributed by atoms with E-state index in [0.717, 1.165) is 0 Å². The van der Waals surface area contributed by atoms with Gasteiger partial charge in [0.25, 0.3) is 0 Å². The van der Waals surface area contributed by atoms with Crippen molar-refractivity contribution in [1.29, 1.82) is 0 Å². The van der Waals surface area contributed by atoms with Crippen molar-refractivity contribution in [3.05, 3.63) is 42.8 Å². The Balaban J connectivity index is 1.94. The molecule has 0 unspecified atom stereocenters. The van der Waals surface area contributed by atoms with Crippen molar-refractivity contribution < 1.29 is 9.21 Å². The third-order valence-corrected chi connectivity index (χ3v) is 1.66. The third kappa shape index (κ3) is 2.57. The molecule has 2 rings (SSSR count). The number of rotatable bonds is 2. The first kappa shape index (κ1) is 9.26. The predicted molar refractivity (Wildman–Crippen MR) is 55.6 cm³/mol. The van der Waals surface area contributed by atoms with Crippen LogP contribution in [0.5, 0.6) is 0 Å². The Hall–Kier alpha value is -2.30. The average molecular weight is 203 g/mol. The van der Waals surface area contributed by atoms with Gasteiger partial charge in [-0.05, 0) is 18.2 Å². The Kier molecular flexibility index (Phi) is 2.64. The fraction of sp³-hybridized carbons (Fsp3) is 0. The SMILES string of the molecule is O=C(Nc1ccccn1)Nc1ccco1. The Labute approximate surface area is 86.1 Å². The smallest absolute Gasteiger partial charge is 0.327 e. The molecule has 2 aromatic heterocycles. The second-order valence-corrected chi connectivity index (χ2v) is 2.77. The van der Waals surface area contributed by atoms with Crippen LogP contribution in [-0.4, -0.2) is 11.0 Å². The minimum atomic E-state index is -0.386. The van der Waals surface area contributed by atoms with Crippen molar-refractivity contribution in [2.24, 2.45) is 0 Å². The summed E-state index contributed by atoms with van der Waals surface area (Å²) in [5.41, 5.74) is 0. The van der Waals surface area contributed by atoms with E-state index in [1.807, 2.05) is 0 Å². The van der Waals surface area contributed by atoms with Crippen molar-refractivity contribution in [1.82, 2.24) is 4.98 Å². The van der Waals surface area contributed by atoms with Gasteiger partial charge < -0.3 is 4.42 Å². The van der Waals surface area contributed by atoms with Crippen molar-refractivity contribution in [2.75, 3.05) is 10.6 Å². The lowest BCUT2D eigenvalue weighted by molar-refractivity contribution is 0.261. The average Bonchev–Trinajstić information content (AvgIpc) is 2.71. The maximum atomic E-state index is 11.4. The second kappa shape index (κ2) is 4.28. The van der Waals surface area contributed by atoms with Gasteiger partial charge in [-0.2, -0.15) is 0 Å². The van der Waals surface area contributed by atoms with Gasteiger partial charge in [-0.3, -0.25) is 10.6 Å². The van der Waals surface area contributed by atoms with E-state index >= 15 is 0 Å². The fourth-order valence-corrected chi connectivity index (χ4v) is 1.05. The topological polar surface area (TPSA) is 67.2 Å². The van der Waals surface area contributed by atoms with E-state index in [-0.39, 0.29) is 6.03 Å². The molecule has 0 saturated heterocycles. The number of carbonyl (C=O) groups excluding carboxylic acids is 1. The van der Waals surface area contributed by atoms with Crippen molar-refractivity contribution in [3.63, 3.8) is 0 Å². The number of furan rings is 1. The van der Waals surface area contributed by atoms with Crippen LogP contribution in [0, 0.1) is 0 Å². The molecule has 0 radical (unpaired) electrons. The summed E-state index contributed by atoms with van der Waals surface area (Å²) in [6, 6.07) is 8.21. The maximum Gasteiger partial charge on any atom is 0.327 e. The number of nitrogens with zero attached hydrogens (tertiary/aromatic N) is 1. The number of nitrogens with one attached hydrogen (secondary N) is 2. The molecule has 2 N–H and O–H groups in total. The standard InChI is InChI=1S/C10H9N3O2/c14-10(13-9-5-3-7-15-9)12-8-4-1-2-6-11-8/h1-7H,(H2,11,12,13,14). The van der Waals surface area contributed by atoms with Crippen LogP contribution >= 0.6 is 0 Å². The van der Waals surface area contributed by atoms with Gasteiger partial charge in [0, 0.05) is 12.3 Å². The molecule has 0 bridgehead atoms. The van der Waals surface area contributed by atoms with Crippen LogP contribution in [0.1, 0.15) is 0 Å². The largest absolute Gasteiger partial charge is 0.449 e. The lowest BCUT2D eigenvalue weighted by Crippen LogP contribution is -2.19. The quantitative estimate of drug-likeness (QED) is 0.787. The van der Waals surface area contributed by atoms with Crippen molar-refractivity contribution in [2.45, 2.75) is 0 Å². The van der Waals surface area contributed by atoms with Crippen molar-refractivity contribution in [3.8, 4) is 0 Å². The van der Waals surface area contributed by atoms with Crippen LogP contribution in [0.25, 0.3) is 0 Å². The first-order valence-corrected chi connectivity index (χ1v) is 4.37. The highest BCUT2D eigenvalue weighted by Gasteiger charge is 2.03. The molecule has 0 fully saturated rings. The summed E-state index contributed by atoms with van der Waals surface area (Å²) in [6.45, 7) is 0.